The summed E-state index contributed by atoms with van der Waals surface area (Å²) in [5.74, 6) is -3.71. The molecule has 0 saturated heterocycles. The van der Waals surface area contributed by atoms with Gasteiger partial charge in [0.25, 0.3) is 6.47 Å². The maximum atomic E-state index is 12.9. The Hall–Kier alpha value is -5.24. The van der Waals surface area contributed by atoms with Gasteiger partial charge in [-0.25, -0.2) is 14.4 Å². The van der Waals surface area contributed by atoms with E-state index in [2.05, 4.69) is 0 Å². The maximum Gasteiger partial charge on any atom is 0.343 e. The summed E-state index contributed by atoms with van der Waals surface area (Å²) in [5, 5.41) is 0. The molecule has 0 aliphatic heterocycles. The van der Waals surface area contributed by atoms with Gasteiger partial charge in [-0.2, -0.15) is 0 Å². The summed E-state index contributed by atoms with van der Waals surface area (Å²) < 4.78 is 21.5. The standard InChI is InChI=1S/C28H18O8/c29-18-33-22-16-17-23(34-26(30)19-10-4-1-5-11-19)25(36-28(32)21-14-8-3-9-15-21)24(22)35-27(31)20-12-6-2-7-13-20/h1-18H. The third-order valence-corrected chi connectivity index (χ3v) is 4.84. The Labute approximate surface area is 205 Å². The number of carbonyl (C=O) groups is 4. The van der Waals surface area contributed by atoms with Gasteiger partial charge in [-0.1, -0.05) is 54.6 Å². The van der Waals surface area contributed by atoms with E-state index in [9.17, 15) is 19.2 Å². The van der Waals surface area contributed by atoms with Gasteiger partial charge in [0, 0.05) is 0 Å². The van der Waals surface area contributed by atoms with E-state index in [-0.39, 0.29) is 34.7 Å². The molecule has 0 fully saturated rings. The SMILES string of the molecule is O=COc1ccc(OC(=O)c2ccccc2)c(OC(=O)c2ccccc2)c1OC(=O)c1ccccc1. The van der Waals surface area contributed by atoms with Gasteiger partial charge in [0.05, 0.1) is 16.7 Å². The van der Waals surface area contributed by atoms with Crippen LogP contribution in [0.1, 0.15) is 31.1 Å². The topological polar surface area (TPSA) is 105 Å². The van der Waals surface area contributed by atoms with Crippen molar-refractivity contribution in [1.82, 2.24) is 0 Å². The van der Waals surface area contributed by atoms with Crippen LogP contribution >= 0.6 is 0 Å². The zero-order valence-corrected chi connectivity index (χ0v) is 18.7. The highest BCUT2D eigenvalue weighted by Gasteiger charge is 2.27. The molecular formula is C28H18O8. The van der Waals surface area contributed by atoms with Crippen molar-refractivity contribution in [2.24, 2.45) is 0 Å². The van der Waals surface area contributed by atoms with Crippen LogP contribution < -0.4 is 18.9 Å². The Balaban J connectivity index is 1.78. The van der Waals surface area contributed by atoms with Crippen LogP contribution in [0.15, 0.2) is 103 Å². The van der Waals surface area contributed by atoms with E-state index in [1.165, 1.54) is 48.5 Å². The third kappa shape index (κ3) is 5.63. The van der Waals surface area contributed by atoms with Crippen molar-refractivity contribution < 1.29 is 38.1 Å². The molecule has 0 unspecified atom stereocenters. The van der Waals surface area contributed by atoms with Crippen molar-refractivity contribution >= 4 is 24.4 Å². The predicted molar refractivity (Wildman–Crippen MR) is 127 cm³/mol. The van der Waals surface area contributed by atoms with E-state index in [4.69, 9.17) is 18.9 Å². The summed E-state index contributed by atoms with van der Waals surface area (Å²) in [6, 6.07) is 26.6. The fraction of sp³-hybridized carbons (Fsp3) is 0. The Morgan fingerprint density at radius 3 is 1.25 bits per heavy atom. The number of esters is 3. The molecule has 0 aliphatic rings. The smallest absolute Gasteiger partial charge is 0.343 e. The number of hydrogen-bond acceptors (Lipinski definition) is 8. The second-order valence-electron chi connectivity index (χ2n) is 7.20. The number of ether oxygens (including phenoxy) is 4. The normalized spacial score (nSPS) is 10.1. The number of hydrogen-bond donors (Lipinski definition) is 0. The van der Waals surface area contributed by atoms with E-state index < -0.39 is 29.4 Å². The van der Waals surface area contributed by atoms with Gasteiger partial charge in [-0.15, -0.1) is 0 Å². The van der Waals surface area contributed by atoms with Crippen molar-refractivity contribution in [1.29, 1.82) is 0 Å². The lowest BCUT2D eigenvalue weighted by molar-refractivity contribution is -0.120. The molecule has 0 heterocycles. The van der Waals surface area contributed by atoms with E-state index >= 15 is 0 Å². The first-order chi connectivity index (χ1) is 17.6. The molecule has 0 bridgehead atoms. The van der Waals surface area contributed by atoms with Gasteiger partial charge in [0.2, 0.25) is 11.5 Å². The molecular weight excluding hydrogens is 464 g/mol. The van der Waals surface area contributed by atoms with Crippen LogP contribution in [0.4, 0.5) is 0 Å². The van der Waals surface area contributed by atoms with E-state index in [1.54, 1.807) is 54.6 Å². The highest BCUT2D eigenvalue weighted by molar-refractivity contribution is 5.95. The fourth-order valence-electron chi connectivity index (χ4n) is 3.13. The first kappa shape index (κ1) is 23.9. The molecule has 0 radical (unpaired) electrons. The molecule has 0 spiro atoms. The molecule has 0 N–H and O–H groups in total. The molecule has 8 heteroatoms. The second-order valence-corrected chi connectivity index (χ2v) is 7.20. The Morgan fingerprint density at radius 1 is 0.472 bits per heavy atom. The summed E-state index contributed by atoms with van der Waals surface area (Å²) in [4.78, 5) is 49.6. The zero-order chi connectivity index (χ0) is 25.3. The fourth-order valence-corrected chi connectivity index (χ4v) is 3.13. The third-order valence-electron chi connectivity index (χ3n) is 4.84. The lowest BCUT2D eigenvalue weighted by Crippen LogP contribution is -2.16. The van der Waals surface area contributed by atoms with Crippen LogP contribution in [-0.2, 0) is 4.79 Å². The van der Waals surface area contributed by atoms with Crippen LogP contribution in [0.5, 0.6) is 23.0 Å². The van der Waals surface area contributed by atoms with Gasteiger partial charge in [0.1, 0.15) is 0 Å². The monoisotopic (exact) mass is 482 g/mol. The molecule has 4 aromatic rings. The molecule has 0 aliphatic carbocycles. The minimum absolute atomic E-state index is 0.119. The van der Waals surface area contributed by atoms with Crippen LogP contribution in [0.25, 0.3) is 0 Å². The average molecular weight is 482 g/mol. The molecule has 36 heavy (non-hydrogen) atoms. The van der Waals surface area contributed by atoms with Crippen molar-refractivity contribution in [3.8, 4) is 23.0 Å². The molecule has 178 valence electrons. The molecule has 0 amide bonds. The first-order valence-electron chi connectivity index (χ1n) is 10.7. The predicted octanol–water partition coefficient (Wildman–Crippen LogP) is 4.88. The van der Waals surface area contributed by atoms with Gasteiger partial charge in [-0.3, -0.25) is 4.79 Å². The number of carbonyl (C=O) groups excluding carboxylic acids is 4. The van der Waals surface area contributed by atoms with Gasteiger partial charge in [-0.05, 0) is 48.5 Å². The summed E-state index contributed by atoms with van der Waals surface area (Å²) in [6.07, 6.45) is 0. The van der Waals surface area contributed by atoms with Crippen LogP contribution in [0.3, 0.4) is 0 Å². The lowest BCUT2D eigenvalue weighted by atomic mass is 10.2. The summed E-state index contributed by atoms with van der Waals surface area (Å²) in [6.45, 7) is 0.119. The second kappa shape index (κ2) is 11.3. The van der Waals surface area contributed by atoms with Gasteiger partial charge in [0.15, 0.2) is 11.5 Å². The molecule has 0 saturated carbocycles. The molecule has 4 aromatic carbocycles. The van der Waals surface area contributed by atoms with Crippen LogP contribution in [-0.4, -0.2) is 24.4 Å². The highest BCUT2D eigenvalue weighted by Crippen LogP contribution is 2.45. The minimum Gasteiger partial charge on any atom is -0.425 e. The average Bonchev–Trinajstić information content (AvgIpc) is 2.93. The summed E-state index contributed by atoms with van der Waals surface area (Å²) >= 11 is 0. The van der Waals surface area contributed by atoms with Gasteiger partial charge < -0.3 is 18.9 Å². The first-order valence-corrected chi connectivity index (χ1v) is 10.7. The molecule has 0 atom stereocenters. The largest absolute Gasteiger partial charge is 0.425 e. The Kier molecular flexibility index (Phi) is 7.47. The molecule has 8 nitrogen and oxygen atoms in total. The van der Waals surface area contributed by atoms with Crippen LogP contribution in [0.2, 0.25) is 0 Å². The lowest BCUT2D eigenvalue weighted by Gasteiger charge is -2.17. The Bertz CT molecular complexity index is 1380. The minimum atomic E-state index is -0.826. The quantitative estimate of drug-likeness (QED) is 0.199. The van der Waals surface area contributed by atoms with Crippen molar-refractivity contribution in [2.45, 2.75) is 0 Å². The van der Waals surface area contributed by atoms with E-state index in [0.717, 1.165) is 0 Å². The van der Waals surface area contributed by atoms with Crippen LogP contribution in [0, 0.1) is 0 Å². The van der Waals surface area contributed by atoms with Gasteiger partial charge >= 0.3 is 17.9 Å². The maximum absolute atomic E-state index is 12.9. The summed E-state index contributed by atoms with van der Waals surface area (Å²) in [5.41, 5.74) is 0.593. The van der Waals surface area contributed by atoms with Crippen molar-refractivity contribution in [2.75, 3.05) is 0 Å². The van der Waals surface area contributed by atoms with E-state index in [0.29, 0.717) is 0 Å². The van der Waals surface area contributed by atoms with Crippen molar-refractivity contribution in [3.63, 3.8) is 0 Å². The molecule has 0 aromatic heterocycles. The van der Waals surface area contributed by atoms with E-state index in [1.807, 2.05) is 0 Å². The zero-order valence-electron chi connectivity index (χ0n) is 18.7. The number of benzene rings is 4. The molecule has 4 rings (SSSR count). The summed E-state index contributed by atoms with van der Waals surface area (Å²) in [7, 11) is 0. The Morgan fingerprint density at radius 2 is 0.833 bits per heavy atom. The van der Waals surface area contributed by atoms with Crippen molar-refractivity contribution in [3.05, 3.63) is 120 Å². The highest BCUT2D eigenvalue weighted by atomic mass is 16.6. The number of rotatable bonds is 8.